The molecule has 3 nitrogen and oxygen atoms in total. The predicted octanol–water partition coefficient (Wildman–Crippen LogP) is 4.95. The summed E-state index contributed by atoms with van der Waals surface area (Å²) in [4.78, 5) is 0. The minimum Gasteiger partial charge on any atom is -0.508 e. The summed E-state index contributed by atoms with van der Waals surface area (Å²) in [7, 11) is 0. The van der Waals surface area contributed by atoms with Crippen LogP contribution >= 0.6 is 0 Å². The average molecular weight is 357 g/mol. The van der Waals surface area contributed by atoms with Gasteiger partial charge >= 0.3 is 0 Å². The third-order valence-corrected chi connectivity index (χ3v) is 7.25. The number of benzene rings is 1. The van der Waals surface area contributed by atoms with Crippen LogP contribution in [-0.2, 0) is 6.42 Å². The predicted molar refractivity (Wildman–Crippen MR) is 104 cm³/mol. The van der Waals surface area contributed by atoms with Gasteiger partial charge in [0.05, 0.1) is 0 Å². The Balaban J connectivity index is 1.71. The molecule has 3 aliphatic rings. The first-order valence-corrected chi connectivity index (χ1v) is 10.3. The van der Waals surface area contributed by atoms with Crippen LogP contribution in [0.15, 0.2) is 24.3 Å². The van der Waals surface area contributed by atoms with Gasteiger partial charge < -0.3 is 14.9 Å². The maximum Gasteiger partial charge on any atom is 0.135 e. The van der Waals surface area contributed by atoms with Crippen molar-refractivity contribution in [3.8, 4) is 11.5 Å². The van der Waals surface area contributed by atoms with Gasteiger partial charge in [-0.05, 0) is 75.0 Å². The second-order valence-corrected chi connectivity index (χ2v) is 8.99. The maximum atomic E-state index is 11.3. The molecule has 1 aromatic rings. The highest BCUT2D eigenvalue weighted by Gasteiger charge is 2.65. The minimum atomic E-state index is -0.854. The summed E-state index contributed by atoms with van der Waals surface area (Å²) < 4.78 is 6.30. The van der Waals surface area contributed by atoms with Crippen molar-refractivity contribution in [2.75, 3.05) is 0 Å². The number of hydrogen-bond donors (Lipinski definition) is 2. The van der Waals surface area contributed by atoms with Gasteiger partial charge in [0.2, 0.25) is 0 Å². The Kier molecular flexibility index (Phi) is 4.34. The lowest BCUT2D eigenvalue weighted by Crippen LogP contribution is -2.42. The summed E-state index contributed by atoms with van der Waals surface area (Å²) in [6, 6.07) is 4.02. The fourth-order valence-electron chi connectivity index (χ4n) is 6.05. The second kappa shape index (κ2) is 6.30. The smallest absolute Gasteiger partial charge is 0.135 e. The highest BCUT2D eigenvalue weighted by atomic mass is 16.5. The lowest BCUT2D eigenvalue weighted by Gasteiger charge is -2.29. The summed E-state index contributed by atoms with van der Waals surface area (Å²) in [6.45, 7) is 10.4. The molecule has 0 amide bonds. The van der Waals surface area contributed by atoms with Gasteiger partial charge in [-0.2, -0.15) is 0 Å². The van der Waals surface area contributed by atoms with Crippen molar-refractivity contribution in [1.82, 2.24) is 0 Å². The van der Waals surface area contributed by atoms with Gasteiger partial charge in [0, 0.05) is 11.5 Å². The summed E-state index contributed by atoms with van der Waals surface area (Å²) in [5.74, 6) is 2.14. The molecule has 0 saturated heterocycles. The van der Waals surface area contributed by atoms with Gasteiger partial charge in [0.1, 0.15) is 23.2 Å². The summed E-state index contributed by atoms with van der Waals surface area (Å²) >= 11 is 0. The zero-order valence-electron chi connectivity index (χ0n) is 16.3. The van der Waals surface area contributed by atoms with Crippen LogP contribution in [-0.4, -0.2) is 21.9 Å². The monoisotopic (exact) mass is 356 g/mol. The van der Waals surface area contributed by atoms with Gasteiger partial charge in [-0.15, -0.1) is 0 Å². The van der Waals surface area contributed by atoms with Crippen LogP contribution in [0.5, 0.6) is 11.5 Å². The van der Waals surface area contributed by atoms with E-state index < -0.39 is 5.60 Å². The number of allylic oxidation sites excluding steroid dienone is 1. The van der Waals surface area contributed by atoms with E-state index in [0.29, 0.717) is 17.6 Å². The van der Waals surface area contributed by atoms with Crippen molar-refractivity contribution in [2.45, 2.75) is 76.9 Å². The largest absolute Gasteiger partial charge is 0.508 e. The van der Waals surface area contributed by atoms with Gasteiger partial charge in [0.25, 0.3) is 0 Å². The van der Waals surface area contributed by atoms with Crippen LogP contribution in [0.4, 0.5) is 0 Å². The first-order valence-electron chi connectivity index (χ1n) is 10.3. The van der Waals surface area contributed by atoms with E-state index >= 15 is 0 Å². The molecule has 1 aromatic carbocycles. The van der Waals surface area contributed by atoms with Crippen LogP contribution in [0.3, 0.4) is 0 Å². The number of phenolic OH excluding ortho intramolecular Hbond substituents is 1. The number of hydrogen-bond acceptors (Lipinski definition) is 3. The van der Waals surface area contributed by atoms with Crippen molar-refractivity contribution >= 4 is 0 Å². The molecule has 0 spiro atoms. The molecule has 2 N–H and O–H groups in total. The van der Waals surface area contributed by atoms with E-state index in [9.17, 15) is 10.2 Å². The standard InChI is InChI=1S/C23H32O3/c1-5-6-7-8-14-11-17(24)20-18(12-14)26-22-21(20)19-15(13(2)3)9-10-16(19)23(22,4)25/h11-12,15-16,19,21-22,24-25H,2,5-10H2,1,3-4H3/t15-,16+,19?,21?,22?,23-/m0/s1. The highest BCUT2D eigenvalue weighted by molar-refractivity contribution is 5.55. The molecule has 3 heteroatoms. The molecule has 2 aliphatic carbocycles. The molecule has 0 radical (unpaired) electrons. The molecule has 6 atom stereocenters. The highest BCUT2D eigenvalue weighted by Crippen LogP contribution is 2.65. The summed E-state index contributed by atoms with van der Waals surface area (Å²) in [6.07, 6.45) is 6.30. The Labute approximate surface area is 157 Å². The van der Waals surface area contributed by atoms with Crippen molar-refractivity contribution in [3.63, 3.8) is 0 Å². The average Bonchev–Trinajstić information content (AvgIpc) is 3.20. The number of aromatic hydroxyl groups is 1. The number of aliphatic hydroxyl groups is 1. The first kappa shape index (κ1) is 17.9. The van der Waals surface area contributed by atoms with Gasteiger partial charge in [-0.1, -0.05) is 31.9 Å². The molecule has 1 heterocycles. The van der Waals surface area contributed by atoms with E-state index in [1.54, 1.807) is 0 Å². The number of unbranched alkanes of at least 4 members (excludes halogenated alkanes) is 2. The first-order chi connectivity index (χ1) is 12.4. The number of phenols is 1. The van der Waals surface area contributed by atoms with E-state index in [4.69, 9.17) is 4.74 Å². The molecule has 1 aliphatic heterocycles. The normalized spacial score (nSPS) is 37.2. The maximum absolute atomic E-state index is 11.3. The van der Waals surface area contributed by atoms with Crippen LogP contribution in [0.25, 0.3) is 0 Å². The van der Waals surface area contributed by atoms with E-state index in [0.717, 1.165) is 42.6 Å². The van der Waals surface area contributed by atoms with Gasteiger partial charge in [0.15, 0.2) is 0 Å². The zero-order valence-corrected chi connectivity index (χ0v) is 16.3. The third-order valence-electron chi connectivity index (χ3n) is 7.25. The van der Waals surface area contributed by atoms with E-state index in [1.807, 2.05) is 13.0 Å². The lowest BCUT2D eigenvalue weighted by atomic mass is 9.77. The lowest BCUT2D eigenvalue weighted by molar-refractivity contribution is -0.0535. The molecular formula is C23H32O3. The number of aryl methyl sites for hydroxylation is 1. The van der Waals surface area contributed by atoms with Crippen LogP contribution < -0.4 is 4.74 Å². The number of fused-ring (bicyclic) bond motifs is 5. The van der Waals surface area contributed by atoms with Gasteiger partial charge in [-0.25, -0.2) is 0 Å². The molecule has 142 valence electrons. The second-order valence-electron chi connectivity index (χ2n) is 8.99. The van der Waals surface area contributed by atoms with Crippen LogP contribution in [0.1, 0.15) is 69.9 Å². The van der Waals surface area contributed by atoms with Crippen molar-refractivity contribution in [2.24, 2.45) is 17.8 Å². The quantitative estimate of drug-likeness (QED) is 0.579. The molecule has 4 rings (SSSR count). The Morgan fingerprint density at radius 1 is 1.31 bits per heavy atom. The van der Waals surface area contributed by atoms with Crippen LogP contribution in [0.2, 0.25) is 0 Å². The van der Waals surface area contributed by atoms with E-state index in [-0.39, 0.29) is 17.9 Å². The molecule has 26 heavy (non-hydrogen) atoms. The Morgan fingerprint density at radius 2 is 2.08 bits per heavy atom. The fraction of sp³-hybridized carbons (Fsp3) is 0.652. The molecule has 2 saturated carbocycles. The molecular weight excluding hydrogens is 324 g/mol. The topological polar surface area (TPSA) is 49.7 Å². The third kappa shape index (κ3) is 2.51. The van der Waals surface area contributed by atoms with Crippen molar-refractivity contribution in [3.05, 3.63) is 35.4 Å². The molecule has 2 fully saturated rings. The molecule has 0 bridgehead atoms. The summed E-state index contributed by atoms with van der Waals surface area (Å²) in [5, 5.41) is 22.2. The minimum absolute atomic E-state index is 0.0684. The molecule has 3 unspecified atom stereocenters. The molecule has 0 aromatic heterocycles. The number of rotatable bonds is 5. The Bertz CT molecular complexity index is 720. The van der Waals surface area contributed by atoms with Gasteiger partial charge in [-0.3, -0.25) is 0 Å². The number of ether oxygens (including phenoxy) is 1. The summed E-state index contributed by atoms with van der Waals surface area (Å²) in [5.41, 5.74) is 2.40. The van der Waals surface area contributed by atoms with E-state index in [2.05, 4.69) is 26.5 Å². The van der Waals surface area contributed by atoms with E-state index in [1.165, 1.54) is 18.4 Å². The van der Waals surface area contributed by atoms with Crippen molar-refractivity contribution in [1.29, 1.82) is 0 Å². The fourth-order valence-corrected chi connectivity index (χ4v) is 6.05. The zero-order chi connectivity index (χ0) is 18.6. The Morgan fingerprint density at radius 3 is 2.77 bits per heavy atom. The van der Waals surface area contributed by atoms with Crippen molar-refractivity contribution < 1.29 is 14.9 Å². The van der Waals surface area contributed by atoms with Crippen LogP contribution in [0, 0.1) is 17.8 Å². The SMILES string of the molecule is C=C(C)[C@@H]1CC[C@@H]2C1C1c3c(O)cc(CCCCC)cc3OC1[C@@]2(C)O. The Hall–Kier alpha value is -1.48.